The largest absolute Gasteiger partial charge is 0.353 e. The summed E-state index contributed by atoms with van der Waals surface area (Å²) in [6.45, 7) is 7.90. The average molecular weight is 287 g/mol. The first-order valence-electron chi connectivity index (χ1n) is 8.20. The van der Waals surface area contributed by atoms with Crippen LogP contribution in [0.5, 0.6) is 0 Å². The van der Waals surface area contributed by atoms with Crippen LogP contribution in [0.1, 0.15) is 52.1 Å². The van der Waals surface area contributed by atoms with E-state index in [-0.39, 0.29) is 0 Å². The fourth-order valence-corrected chi connectivity index (χ4v) is 3.34. The number of aryl methyl sites for hydroxylation is 1. The van der Waals surface area contributed by atoms with E-state index < -0.39 is 0 Å². The minimum absolute atomic E-state index is 0.600. The van der Waals surface area contributed by atoms with Crippen LogP contribution in [-0.2, 0) is 6.42 Å². The maximum absolute atomic E-state index is 4.56. The van der Waals surface area contributed by atoms with Crippen molar-refractivity contribution in [3.63, 3.8) is 0 Å². The third kappa shape index (κ3) is 2.61. The van der Waals surface area contributed by atoms with Crippen molar-refractivity contribution in [3.05, 3.63) is 18.1 Å². The molecule has 0 aliphatic carbocycles. The Hall–Kier alpha value is -1.65. The molecule has 2 atom stereocenters. The van der Waals surface area contributed by atoms with Gasteiger partial charge >= 0.3 is 0 Å². The second-order valence-corrected chi connectivity index (χ2v) is 6.07. The van der Waals surface area contributed by atoms with Crippen LogP contribution in [-0.4, -0.2) is 32.2 Å². The zero-order chi connectivity index (χ0) is 14.8. The Balaban J connectivity index is 2.06. The molecule has 1 aliphatic heterocycles. The van der Waals surface area contributed by atoms with Gasteiger partial charge < -0.3 is 4.90 Å². The molecule has 1 aliphatic rings. The number of piperidine rings is 1. The van der Waals surface area contributed by atoms with Gasteiger partial charge in [0.25, 0.3) is 5.78 Å². The lowest BCUT2D eigenvalue weighted by Gasteiger charge is -2.40. The van der Waals surface area contributed by atoms with E-state index in [1.54, 1.807) is 6.33 Å². The van der Waals surface area contributed by atoms with Crippen LogP contribution in [0.3, 0.4) is 0 Å². The molecule has 3 rings (SSSR count). The number of anilines is 1. The molecule has 2 aromatic rings. The normalized spacial score (nSPS) is 20.9. The summed E-state index contributed by atoms with van der Waals surface area (Å²) in [6.07, 6.45) is 7.61. The summed E-state index contributed by atoms with van der Waals surface area (Å²) >= 11 is 0. The maximum Gasteiger partial charge on any atom is 0.254 e. The predicted molar refractivity (Wildman–Crippen MR) is 84.6 cm³/mol. The van der Waals surface area contributed by atoms with Gasteiger partial charge in [-0.3, -0.25) is 0 Å². The Labute approximate surface area is 126 Å². The van der Waals surface area contributed by atoms with E-state index in [0.29, 0.717) is 12.0 Å². The molecule has 0 unspecified atom stereocenters. The van der Waals surface area contributed by atoms with Crippen LogP contribution in [0.4, 0.5) is 5.82 Å². The van der Waals surface area contributed by atoms with E-state index in [0.717, 1.165) is 24.4 Å². The van der Waals surface area contributed by atoms with Crippen LogP contribution in [0, 0.1) is 5.92 Å². The Morgan fingerprint density at radius 1 is 1.33 bits per heavy atom. The first-order chi connectivity index (χ1) is 10.2. The quantitative estimate of drug-likeness (QED) is 0.867. The van der Waals surface area contributed by atoms with Crippen LogP contribution in [0.2, 0.25) is 0 Å². The zero-order valence-electron chi connectivity index (χ0n) is 13.3. The molecule has 0 spiro atoms. The molecular weight excluding hydrogens is 262 g/mol. The van der Waals surface area contributed by atoms with Crippen molar-refractivity contribution < 1.29 is 0 Å². The van der Waals surface area contributed by atoms with Gasteiger partial charge in [-0.2, -0.15) is 14.6 Å². The third-order valence-corrected chi connectivity index (χ3v) is 4.79. The molecule has 2 aromatic heterocycles. The molecule has 3 heterocycles. The van der Waals surface area contributed by atoms with Gasteiger partial charge in [0.1, 0.15) is 12.1 Å². The van der Waals surface area contributed by atoms with Crippen molar-refractivity contribution in [2.24, 2.45) is 5.92 Å². The minimum Gasteiger partial charge on any atom is -0.353 e. The van der Waals surface area contributed by atoms with Gasteiger partial charge in [-0.15, -0.1) is 0 Å². The van der Waals surface area contributed by atoms with Crippen LogP contribution < -0.4 is 4.90 Å². The van der Waals surface area contributed by atoms with E-state index in [2.05, 4.69) is 46.8 Å². The number of rotatable bonds is 4. The molecule has 5 heteroatoms. The highest BCUT2D eigenvalue weighted by molar-refractivity contribution is 5.48. The fraction of sp³-hybridized carbons (Fsp3) is 0.688. The lowest BCUT2D eigenvalue weighted by molar-refractivity contribution is 0.345. The molecule has 0 saturated carbocycles. The molecule has 0 bridgehead atoms. The van der Waals surface area contributed by atoms with E-state index in [9.17, 15) is 0 Å². The van der Waals surface area contributed by atoms with Crippen molar-refractivity contribution in [1.29, 1.82) is 0 Å². The van der Waals surface area contributed by atoms with Gasteiger partial charge in [-0.1, -0.05) is 27.2 Å². The Morgan fingerprint density at radius 2 is 2.19 bits per heavy atom. The number of fused-ring (bicyclic) bond motifs is 1. The third-order valence-electron chi connectivity index (χ3n) is 4.79. The Morgan fingerprint density at radius 3 is 2.95 bits per heavy atom. The summed E-state index contributed by atoms with van der Waals surface area (Å²) in [7, 11) is 0. The summed E-state index contributed by atoms with van der Waals surface area (Å²) in [5, 5.41) is 4.39. The van der Waals surface area contributed by atoms with Crippen molar-refractivity contribution in [1.82, 2.24) is 19.6 Å². The predicted octanol–water partition coefficient (Wildman–Crippen LogP) is 3.09. The lowest BCUT2D eigenvalue weighted by Crippen LogP contribution is -2.44. The topological polar surface area (TPSA) is 46.3 Å². The molecule has 0 amide bonds. The SMILES string of the molecule is CCc1cc(N2CCCC[C@@H]2[C@@H](C)CC)n2ncnc2n1. The van der Waals surface area contributed by atoms with Gasteiger partial charge in [0.15, 0.2) is 0 Å². The second-order valence-electron chi connectivity index (χ2n) is 6.07. The molecular formula is C16H25N5. The maximum atomic E-state index is 4.56. The van der Waals surface area contributed by atoms with E-state index in [1.165, 1.54) is 31.5 Å². The van der Waals surface area contributed by atoms with E-state index in [1.807, 2.05) is 4.52 Å². The highest BCUT2D eigenvalue weighted by atomic mass is 15.4. The van der Waals surface area contributed by atoms with Crippen LogP contribution in [0.15, 0.2) is 12.4 Å². The number of nitrogens with zero attached hydrogens (tertiary/aromatic N) is 5. The highest BCUT2D eigenvalue weighted by Gasteiger charge is 2.28. The van der Waals surface area contributed by atoms with E-state index in [4.69, 9.17) is 0 Å². The Kier molecular flexibility index (Phi) is 4.08. The first kappa shape index (κ1) is 14.3. The van der Waals surface area contributed by atoms with Crippen molar-refractivity contribution >= 4 is 11.6 Å². The number of hydrogen-bond acceptors (Lipinski definition) is 4. The lowest BCUT2D eigenvalue weighted by atomic mass is 9.90. The number of aromatic nitrogens is 4. The van der Waals surface area contributed by atoms with Crippen LogP contribution in [0.25, 0.3) is 5.78 Å². The smallest absolute Gasteiger partial charge is 0.254 e. The second kappa shape index (κ2) is 6.00. The van der Waals surface area contributed by atoms with Crippen molar-refractivity contribution in [3.8, 4) is 0 Å². The standard InChI is InChI=1S/C16H25N5/c1-4-12(3)14-8-6-7-9-20(14)15-10-13(5-2)19-16-17-11-18-21(15)16/h10-12,14H,4-9H2,1-3H3/t12-,14+/m0/s1. The fourth-order valence-electron chi connectivity index (χ4n) is 3.34. The van der Waals surface area contributed by atoms with Crippen LogP contribution >= 0.6 is 0 Å². The summed E-state index contributed by atoms with van der Waals surface area (Å²) in [5.74, 6) is 2.58. The first-order valence-corrected chi connectivity index (χ1v) is 8.20. The van der Waals surface area contributed by atoms with Gasteiger partial charge in [-0.25, -0.2) is 4.98 Å². The summed E-state index contributed by atoms with van der Waals surface area (Å²) in [4.78, 5) is 11.4. The average Bonchev–Trinajstić information content (AvgIpc) is 3.01. The number of hydrogen-bond donors (Lipinski definition) is 0. The van der Waals surface area contributed by atoms with Gasteiger partial charge in [0.2, 0.25) is 0 Å². The molecule has 21 heavy (non-hydrogen) atoms. The van der Waals surface area contributed by atoms with Crippen molar-refractivity contribution in [2.45, 2.75) is 58.9 Å². The minimum atomic E-state index is 0.600. The molecule has 1 saturated heterocycles. The highest BCUT2D eigenvalue weighted by Crippen LogP contribution is 2.30. The summed E-state index contributed by atoms with van der Waals surface area (Å²) < 4.78 is 1.90. The molecule has 114 valence electrons. The molecule has 0 aromatic carbocycles. The van der Waals surface area contributed by atoms with Crippen molar-refractivity contribution in [2.75, 3.05) is 11.4 Å². The van der Waals surface area contributed by atoms with Gasteiger partial charge in [0.05, 0.1) is 0 Å². The molecule has 0 radical (unpaired) electrons. The van der Waals surface area contributed by atoms with Gasteiger partial charge in [-0.05, 0) is 31.6 Å². The van der Waals surface area contributed by atoms with E-state index >= 15 is 0 Å². The summed E-state index contributed by atoms with van der Waals surface area (Å²) in [6, 6.07) is 2.80. The Bertz CT molecular complexity index is 606. The molecule has 0 N–H and O–H groups in total. The molecule has 1 fully saturated rings. The zero-order valence-corrected chi connectivity index (χ0v) is 13.3. The monoisotopic (exact) mass is 287 g/mol. The summed E-state index contributed by atoms with van der Waals surface area (Å²) in [5.41, 5.74) is 1.10. The van der Waals surface area contributed by atoms with Gasteiger partial charge in [0, 0.05) is 24.3 Å². The molecule has 5 nitrogen and oxygen atoms in total.